The van der Waals surface area contributed by atoms with Crippen LogP contribution in [-0.4, -0.2) is 35.6 Å². The predicted molar refractivity (Wildman–Crippen MR) is 70.5 cm³/mol. The van der Waals surface area contributed by atoms with Gasteiger partial charge in [0.1, 0.15) is 5.82 Å². The molecule has 8 nitrogen and oxygen atoms in total. The third kappa shape index (κ3) is 3.82. The minimum absolute atomic E-state index is 0.0288. The van der Waals surface area contributed by atoms with E-state index in [1.165, 1.54) is 0 Å². The van der Waals surface area contributed by atoms with Crippen molar-refractivity contribution in [3.8, 4) is 11.8 Å². The first-order valence-corrected chi connectivity index (χ1v) is 7.22. The minimum Gasteiger partial charge on any atom is -0.320 e. The Kier molecular flexibility index (Phi) is 4.59. The molecule has 0 saturated carbocycles. The number of nitrogens with zero attached hydrogens (tertiary/aromatic N) is 3. The summed E-state index contributed by atoms with van der Waals surface area (Å²) in [7, 11) is -3.90. The molecule has 4 N–H and O–H groups in total. The lowest BCUT2D eigenvalue weighted by atomic mass is 10.2. The van der Waals surface area contributed by atoms with Crippen molar-refractivity contribution >= 4 is 10.0 Å². The Bertz CT molecular complexity index is 779. The summed E-state index contributed by atoms with van der Waals surface area (Å²) in [5.41, 5.74) is 5.27. The zero-order valence-electron chi connectivity index (χ0n) is 10.7. The number of hydrogen-bond acceptors (Lipinski definition) is 6. The van der Waals surface area contributed by atoms with E-state index < -0.39 is 15.8 Å². The molecule has 1 aromatic heterocycles. The summed E-state index contributed by atoms with van der Waals surface area (Å²) < 4.78 is 39.9. The number of rotatable bonds is 4. The molecular weight excluding hydrogens is 299 g/mol. The van der Waals surface area contributed by atoms with Crippen LogP contribution in [0.3, 0.4) is 0 Å². The molecule has 0 amide bonds. The smallest absolute Gasteiger partial charge is 0.242 e. The highest BCUT2D eigenvalue weighted by atomic mass is 32.2. The largest absolute Gasteiger partial charge is 0.320 e. The number of aromatic nitrogens is 4. The van der Waals surface area contributed by atoms with Crippen molar-refractivity contribution in [1.29, 1.82) is 0 Å². The summed E-state index contributed by atoms with van der Waals surface area (Å²) in [6, 6.07) is 3.20. The second-order valence-corrected chi connectivity index (χ2v) is 5.53. The monoisotopic (exact) mass is 310 g/mol. The van der Waals surface area contributed by atoms with Gasteiger partial charge in [0.2, 0.25) is 10.0 Å². The Labute approximate surface area is 120 Å². The SMILES string of the molecule is NCC#Cc1cc(F)ccc1S(=O)(=O)NCc1nn[nH]n1. The van der Waals surface area contributed by atoms with E-state index in [-0.39, 0.29) is 29.4 Å². The van der Waals surface area contributed by atoms with Crippen LogP contribution < -0.4 is 10.5 Å². The van der Waals surface area contributed by atoms with E-state index in [0.29, 0.717) is 0 Å². The average molecular weight is 310 g/mol. The molecular formula is C11H11FN6O2S. The quantitative estimate of drug-likeness (QED) is 0.630. The number of H-pyrrole nitrogens is 1. The third-order valence-corrected chi connectivity index (χ3v) is 3.83. The Hall–Kier alpha value is -2.35. The fourth-order valence-corrected chi connectivity index (χ4v) is 2.60. The maximum atomic E-state index is 13.2. The van der Waals surface area contributed by atoms with Crippen LogP contribution >= 0.6 is 0 Å². The third-order valence-electron chi connectivity index (χ3n) is 2.37. The molecule has 0 saturated heterocycles. The van der Waals surface area contributed by atoms with Gasteiger partial charge in [-0.25, -0.2) is 17.5 Å². The van der Waals surface area contributed by atoms with E-state index in [4.69, 9.17) is 5.73 Å². The van der Waals surface area contributed by atoms with Gasteiger partial charge in [-0.1, -0.05) is 17.1 Å². The normalized spacial score (nSPS) is 11.0. The van der Waals surface area contributed by atoms with Crippen molar-refractivity contribution in [1.82, 2.24) is 25.3 Å². The predicted octanol–water partition coefficient (Wildman–Crippen LogP) is -0.873. The molecule has 10 heteroatoms. The molecule has 0 bridgehead atoms. The first-order valence-electron chi connectivity index (χ1n) is 5.73. The lowest BCUT2D eigenvalue weighted by Crippen LogP contribution is -2.24. The molecule has 0 aliphatic carbocycles. The fraction of sp³-hybridized carbons (Fsp3) is 0.182. The minimum atomic E-state index is -3.90. The Morgan fingerprint density at radius 1 is 1.43 bits per heavy atom. The molecule has 1 aromatic carbocycles. The summed E-state index contributed by atoms with van der Waals surface area (Å²) in [4.78, 5) is -0.145. The Balaban J connectivity index is 2.30. The van der Waals surface area contributed by atoms with Gasteiger partial charge in [0, 0.05) is 5.56 Å². The van der Waals surface area contributed by atoms with Gasteiger partial charge in [0.15, 0.2) is 5.82 Å². The summed E-state index contributed by atoms with van der Waals surface area (Å²) in [5.74, 6) is 4.61. The second-order valence-electron chi connectivity index (χ2n) is 3.80. The molecule has 1 heterocycles. The van der Waals surface area contributed by atoms with Gasteiger partial charge in [-0.2, -0.15) is 5.21 Å². The van der Waals surface area contributed by atoms with E-state index in [1.54, 1.807) is 0 Å². The maximum absolute atomic E-state index is 13.2. The van der Waals surface area contributed by atoms with Crippen molar-refractivity contribution in [2.75, 3.05) is 6.54 Å². The molecule has 0 aliphatic heterocycles. The fourth-order valence-electron chi connectivity index (χ4n) is 1.48. The first kappa shape index (κ1) is 15.0. The van der Waals surface area contributed by atoms with Crippen molar-refractivity contribution in [3.05, 3.63) is 35.4 Å². The molecule has 0 atom stereocenters. The van der Waals surface area contributed by atoms with Crippen LogP contribution in [0.25, 0.3) is 0 Å². The van der Waals surface area contributed by atoms with Crippen LogP contribution in [0.4, 0.5) is 4.39 Å². The zero-order valence-corrected chi connectivity index (χ0v) is 11.5. The van der Waals surface area contributed by atoms with Crippen LogP contribution in [0.5, 0.6) is 0 Å². The molecule has 110 valence electrons. The van der Waals surface area contributed by atoms with E-state index >= 15 is 0 Å². The van der Waals surface area contributed by atoms with Gasteiger partial charge >= 0.3 is 0 Å². The number of aromatic amines is 1. The number of halogens is 1. The van der Waals surface area contributed by atoms with Crippen LogP contribution in [0.2, 0.25) is 0 Å². The summed E-state index contributed by atoms with van der Waals surface area (Å²) in [6.45, 7) is -0.119. The van der Waals surface area contributed by atoms with Gasteiger partial charge in [-0.05, 0) is 18.2 Å². The first-order chi connectivity index (χ1) is 10.0. The summed E-state index contributed by atoms with van der Waals surface area (Å²) in [6.07, 6.45) is 0. The van der Waals surface area contributed by atoms with Crippen LogP contribution in [0.1, 0.15) is 11.4 Å². The van der Waals surface area contributed by atoms with E-state index in [9.17, 15) is 12.8 Å². The number of hydrogen-bond donors (Lipinski definition) is 3. The van der Waals surface area contributed by atoms with Gasteiger partial charge in [0.25, 0.3) is 0 Å². The number of sulfonamides is 1. The van der Waals surface area contributed by atoms with Gasteiger partial charge in [0.05, 0.1) is 18.0 Å². The van der Waals surface area contributed by atoms with E-state index in [2.05, 4.69) is 37.2 Å². The standard InChI is InChI=1S/C11H11FN6O2S/c12-9-3-4-10(8(6-9)2-1-5-13)21(19,20)14-7-11-15-17-18-16-11/h3-4,6,14H,5,7,13H2,(H,15,16,17,18). The second kappa shape index (κ2) is 6.40. The molecule has 0 spiro atoms. The number of nitrogens with one attached hydrogen (secondary N) is 2. The van der Waals surface area contributed by atoms with Crippen LogP contribution in [-0.2, 0) is 16.6 Å². The van der Waals surface area contributed by atoms with Gasteiger partial charge < -0.3 is 5.73 Å². The molecule has 2 aromatic rings. The number of nitrogens with two attached hydrogens (primary N) is 1. The zero-order chi connectivity index (χ0) is 15.3. The highest BCUT2D eigenvalue weighted by molar-refractivity contribution is 7.89. The summed E-state index contributed by atoms with van der Waals surface area (Å²) >= 11 is 0. The van der Waals surface area contributed by atoms with Crippen molar-refractivity contribution in [2.45, 2.75) is 11.4 Å². The maximum Gasteiger partial charge on any atom is 0.242 e. The molecule has 0 fully saturated rings. The molecule has 0 aliphatic rings. The molecule has 0 unspecified atom stereocenters. The van der Waals surface area contributed by atoms with E-state index in [1.807, 2.05) is 0 Å². The lowest BCUT2D eigenvalue weighted by Gasteiger charge is -2.07. The number of tetrazole rings is 1. The number of benzene rings is 1. The van der Waals surface area contributed by atoms with Gasteiger partial charge in [-0.15, -0.1) is 10.2 Å². The molecule has 21 heavy (non-hydrogen) atoms. The highest BCUT2D eigenvalue weighted by Crippen LogP contribution is 2.16. The van der Waals surface area contributed by atoms with Crippen molar-refractivity contribution in [2.24, 2.45) is 5.73 Å². The molecule has 2 rings (SSSR count). The van der Waals surface area contributed by atoms with Crippen molar-refractivity contribution < 1.29 is 12.8 Å². The van der Waals surface area contributed by atoms with Crippen LogP contribution in [0, 0.1) is 17.7 Å². The molecule has 0 radical (unpaired) electrons. The van der Waals surface area contributed by atoms with E-state index in [0.717, 1.165) is 18.2 Å². The Morgan fingerprint density at radius 3 is 2.90 bits per heavy atom. The average Bonchev–Trinajstić information content (AvgIpc) is 2.96. The highest BCUT2D eigenvalue weighted by Gasteiger charge is 2.19. The Morgan fingerprint density at radius 2 is 2.24 bits per heavy atom. The summed E-state index contributed by atoms with van der Waals surface area (Å²) in [5, 5.41) is 12.8. The van der Waals surface area contributed by atoms with Crippen molar-refractivity contribution in [3.63, 3.8) is 0 Å². The van der Waals surface area contributed by atoms with Gasteiger partial charge in [-0.3, -0.25) is 0 Å². The topological polar surface area (TPSA) is 127 Å². The lowest BCUT2D eigenvalue weighted by molar-refractivity contribution is 0.578. The van der Waals surface area contributed by atoms with Crippen LogP contribution in [0.15, 0.2) is 23.1 Å².